The highest BCUT2D eigenvalue weighted by molar-refractivity contribution is 6.35. The maximum Gasteiger partial charge on any atom is 0.409 e. The number of rotatable bonds is 2. The lowest BCUT2D eigenvalue weighted by molar-refractivity contribution is -0.135. The van der Waals surface area contributed by atoms with Crippen molar-refractivity contribution in [2.24, 2.45) is 0 Å². The molecule has 2 fully saturated rings. The van der Waals surface area contributed by atoms with Crippen LogP contribution in [-0.2, 0) is 25.4 Å². The Hall–Kier alpha value is -2.59. The zero-order chi connectivity index (χ0) is 27.0. The maximum atomic E-state index is 13.1. The number of ether oxygens (including phenoxy) is 4. The van der Waals surface area contributed by atoms with E-state index < -0.39 is 29.6 Å². The van der Waals surface area contributed by atoms with Crippen molar-refractivity contribution in [3.8, 4) is 5.75 Å². The minimum Gasteiger partial charge on any atom is -0.495 e. The van der Waals surface area contributed by atoms with E-state index in [-0.39, 0.29) is 24.9 Å². The van der Waals surface area contributed by atoms with Crippen molar-refractivity contribution in [1.82, 2.24) is 5.32 Å². The highest BCUT2D eigenvalue weighted by atomic mass is 35.5. The van der Waals surface area contributed by atoms with Crippen LogP contribution in [-0.4, -0.2) is 68.0 Å². The van der Waals surface area contributed by atoms with Gasteiger partial charge >= 0.3 is 6.09 Å². The van der Waals surface area contributed by atoms with Gasteiger partial charge in [0, 0.05) is 33.4 Å². The number of alkyl carbamates (subject to hydrolysis) is 1. The lowest BCUT2D eigenvalue weighted by Crippen LogP contribution is -2.62. The van der Waals surface area contributed by atoms with Crippen LogP contribution in [0.25, 0.3) is 0 Å². The van der Waals surface area contributed by atoms with E-state index in [1.807, 2.05) is 32.1 Å². The Labute approximate surface area is 222 Å². The molecule has 0 radical (unpaired) electrons. The zero-order valence-corrected chi connectivity index (χ0v) is 22.6. The fourth-order valence-electron chi connectivity index (χ4n) is 5.09. The SMILES string of the molecule is COc1cc2cc(c1Cl)N(C)C(=O)CC[C@]1(C)O[C@H]1C[C@@H]1C[C@@](O)(NC(=O)O1)[C@H](OC)/C=C/C=C(\C)C2. The third-order valence-corrected chi connectivity index (χ3v) is 7.77. The molecule has 2 amide bonds. The highest BCUT2D eigenvalue weighted by Gasteiger charge is 2.55. The smallest absolute Gasteiger partial charge is 0.409 e. The van der Waals surface area contributed by atoms with Crippen molar-refractivity contribution in [1.29, 1.82) is 0 Å². The summed E-state index contributed by atoms with van der Waals surface area (Å²) < 4.78 is 22.4. The summed E-state index contributed by atoms with van der Waals surface area (Å²) in [6, 6.07) is 3.75. The first-order chi connectivity index (χ1) is 17.5. The van der Waals surface area contributed by atoms with Gasteiger partial charge in [-0.2, -0.15) is 0 Å². The summed E-state index contributed by atoms with van der Waals surface area (Å²) >= 11 is 6.59. The second-order valence-corrected chi connectivity index (χ2v) is 10.6. The summed E-state index contributed by atoms with van der Waals surface area (Å²) in [7, 11) is 4.73. The van der Waals surface area contributed by atoms with Gasteiger partial charge in [0.15, 0.2) is 5.72 Å². The van der Waals surface area contributed by atoms with Crippen LogP contribution in [0.15, 0.2) is 35.9 Å². The number of carbonyl (C=O) groups is 2. The molecule has 0 unspecified atom stereocenters. The van der Waals surface area contributed by atoms with Gasteiger partial charge in [0.2, 0.25) is 5.91 Å². The number of benzene rings is 1. The molecule has 0 spiro atoms. The number of fused-ring (bicyclic) bond motifs is 5. The van der Waals surface area contributed by atoms with Crippen LogP contribution in [0.5, 0.6) is 5.75 Å². The van der Waals surface area contributed by atoms with Crippen molar-refractivity contribution < 1.29 is 33.6 Å². The van der Waals surface area contributed by atoms with E-state index in [0.717, 1.165) is 11.1 Å². The molecule has 0 aliphatic carbocycles. The lowest BCUT2D eigenvalue weighted by Gasteiger charge is -2.40. The number of nitrogens with zero attached hydrogens (tertiary/aromatic N) is 1. The molecule has 4 rings (SSSR count). The minimum absolute atomic E-state index is 0.102. The van der Waals surface area contributed by atoms with Crippen molar-refractivity contribution >= 4 is 29.3 Å². The van der Waals surface area contributed by atoms with E-state index in [0.29, 0.717) is 35.7 Å². The zero-order valence-electron chi connectivity index (χ0n) is 21.9. The van der Waals surface area contributed by atoms with Crippen molar-refractivity contribution in [2.45, 2.75) is 75.6 Å². The normalized spacial score (nSPS) is 34.9. The van der Waals surface area contributed by atoms with Gasteiger partial charge in [-0.15, -0.1) is 0 Å². The molecule has 9 nitrogen and oxygen atoms in total. The third kappa shape index (κ3) is 5.95. The van der Waals surface area contributed by atoms with Crippen LogP contribution in [0.4, 0.5) is 10.5 Å². The quantitative estimate of drug-likeness (QED) is 0.554. The number of methoxy groups -OCH3 is 2. The van der Waals surface area contributed by atoms with Crippen molar-refractivity contribution in [3.63, 3.8) is 0 Å². The van der Waals surface area contributed by atoms with Gasteiger partial charge in [-0.25, -0.2) is 4.79 Å². The van der Waals surface area contributed by atoms with Crippen molar-refractivity contribution in [3.05, 3.63) is 46.5 Å². The number of anilines is 1. The molecule has 5 atom stereocenters. The summed E-state index contributed by atoms with van der Waals surface area (Å²) in [4.78, 5) is 27.0. The number of halogens is 1. The Morgan fingerprint density at radius 1 is 1.27 bits per heavy atom. The molecule has 0 saturated carbocycles. The van der Waals surface area contributed by atoms with Crippen molar-refractivity contribution in [2.75, 3.05) is 26.2 Å². The van der Waals surface area contributed by atoms with E-state index in [2.05, 4.69) is 5.32 Å². The average molecular weight is 535 g/mol. The van der Waals surface area contributed by atoms with Gasteiger partial charge in [0.05, 0.1) is 24.5 Å². The van der Waals surface area contributed by atoms with E-state index in [1.54, 1.807) is 31.2 Å². The number of carbonyl (C=O) groups excluding carboxylic acids is 2. The molecule has 1 aromatic carbocycles. The highest BCUT2D eigenvalue weighted by Crippen LogP contribution is 2.45. The van der Waals surface area contributed by atoms with Crippen LogP contribution < -0.4 is 15.0 Å². The Morgan fingerprint density at radius 2 is 2.03 bits per heavy atom. The second kappa shape index (κ2) is 10.6. The number of epoxide rings is 1. The van der Waals surface area contributed by atoms with E-state index in [9.17, 15) is 14.7 Å². The standard InChI is InChI=1S/C27H35ClN2O7/c1-16-7-6-8-21(35-5)27(33)15-18(36-25(32)29-27)14-22-26(2,37-22)10-9-23(31)30(3)19-12-17(11-16)13-20(34-4)24(19)28/h6-8,12-13,18,21-22,33H,9-11,14-15H2,1-5H3,(H,29,32)/b8-6+,16-7+/t18-,21-,22+,26+,27+/m1/s1. The molecule has 0 aromatic heterocycles. The number of allylic oxidation sites excluding steroid dienone is 3. The fraction of sp³-hybridized carbons (Fsp3) is 0.556. The molecule has 2 N–H and O–H groups in total. The Balaban J connectivity index is 1.69. The Bertz CT molecular complexity index is 1120. The summed E-state index contributed by atoms with van der Waals surface area (Å²) in [5.41, 5.74) is 0.349. The predicted octanol–water partition coefficient (Wildman–Crippen LogP) is 3.90. The van der Waals surface area contributed by atoms with Gasteiger partial charge in [-0.05, 0) is 44.4 Å². The van der Waals surface area contributed by atoms with Gasteiger partial charge in [-0.3, -0.25) is 10.1 Å². The largest absolute Gasteiger partial charge is 0.495 e. The maximum absolute atomic E-state index is 13.1. The molecule has 3 aliphatic rings. The fourth-order valence-corrected chi connectivity index (χ4v) is 5.40. The summed E-state index contributed by atoms with van der Waals surface area (Å²) in [5, 5.41) is 14.2. The number of nitrogens with one attached hydrogen (secondary N) is 1. The Kier molecular flexibility index (Phi) is 7.90. The average Bonchev–Trinajstić information content (AvgIpc) is 3.48. The predicted molar refractivity (Wildman–Crippen MR) is 139 cm³/mol. The number of aliphatic hydroxyl groups is 1. The first kappa shape index (κ1) is 27.4. The minimum atomic E-state index is -1.64. The number of amides is 2. The van der Waals surface area contributed by atoms with Crippen LogP contribution in [0.1, 0.15) is 45.1 Å². The molecule has 10 heteroatoms. The molecule has 37 heavy (non-hydrogen) atoms. The molecule has 1 aromatic rings. The van der Waals surface area contributed by atoms with Crippen LogP contribution in [0.3, 0.4) is 0 Å². The lowest BCUT2D eigenvalue weighted by atomic mass is 9.91. The first-order valence-corrected chi connectivity index (χ1v) is 12.7. The molecule has 3 heterocycles. The van der Waals surface area contributed by atoms with Crippen LogP contribution in [0.2, 0.25) is 5.02 Å². The van der Waals surface area contributed by atoms with Gasteiger partial charge in [0.1, 0.15) is 23.0 Å². The van der Waals surface area contributed by atoms with Crippen LogP contribution >= 0.6 is 11.6 Å². The molecule has 3 aliphatic heterocycles. The van der Waals surface area contributed by atoms with Gasteiger partial charge in [-0.1, -0.05) is 35.4 Å². The molecular formula is C27H35ClN2O7. The molecule has 2 saturated heterocycles. The Morgan fingerprint density at radius 3 is 2.73 bits per heavy atom. The number of hydrogen-bond acceptors (Lipinski definition) is 7. The van der Waals surface area contributed by atoms with E-state index >= 15 is 0 Å². The molecule has 4 bridgehead atoms. The van der Waals surface area contributed by atoms with Gasteiger partial charge in [0.25, 0.3) is 0 Å². The monoisotopic (exact) mass is 534 g/mol. The van der Waals surface area contributed by atoms with Gasteiger partial charge < -0.3 is 29.0 Å². The van der Waals surface area contributed by atoms with Crippen LogP contribution in [0, 0.1) is 0 Å². The second-order valence-electron chi connectivity index (χ2n) is 10.3. The van der Waals surface area contributed by atoms with E-state index in [4.69, 9.17) is 30.5 Å². The third-order valence-electron chi connectivity index (χ3n) is 7.39. The molecular weight excluding hydrogens is 500 g/mol. The summed E-state index contributed by atoms with van der Waals surface area (Å²) in [6.07, 6.45) is 4.97. The molecule has 202 valence electrons. The summed E-state index contributed by atoms with van der Waals surface area (Å²) in [5.74, 6) is 0.389. The number of hydrogen-bond donors (Lipinski definition) is 2. The topological polar surface area (TPSA) is 110 Å². The first-order valence-electron chi connectivity index (χ1n) is 12.4. The summed E-state index contributed by atoms with van der Waals surface area (Å²) in [6.45, 7) is 3.91. The van der Waals surface area contributed by atoms with E-state index in [1.165, 1.54) is 7.11 Å².